The van der Waals surface area contributed by atoms with Gasteiger partial charge in [0.15, 0.2) is 11.5 Å². The molecule has 1 unspecified atom stereocenters. The van der Waals surface area contributed by atoms with E-state index in [1.807, 2.05) is 43.3 Å². The van der Waals surface area contributed by atoms with Crippen molar-refractivity contribution in [3.05, 3.63) is 59.7 Å². The number of carbonyl (C=O) groups is 1. The molecule has 0 bridgehead atoms. The van der Waals surface area contributed by atoms with Gasteiger partial charge in [-0.1, -0.05) is 30.3 Å². The topological polar surface area (TPSA) is 49.2 Å². The molecule has 2 aromatic carbocycles. The van der Waals surface area contributed by atoms with E-state index in [-0.39, 0.29) is 11.9 Å². The van der Waals surface area contributed by atoms with Gasteiger partial charge in [-0.05, 0) is 43.5 Å². The normalized spacial score (nSPS) is 19.1. The van der Waals surface area contributed by atoms with Crippen LogP contribution in [0.1, 0.15) is 30.9 Å². The van der Waals surface area contributed by atoms with Crippen molar-refractivity contribution < 1.29 is 23.9 Å². The van der Waals surface area contributed by atoms with Crippen molar-refractivity contribution in [1.82, 2.24) is 0 Å². The largest absolute Gasteiger partial charge is 0.493 e. The van der Waals surface area contributed by atoms with Gasteiger partial charge < -0.3 is 19.1 Å². The Labute approximate surface area is 167 Å². The van der Waals surface area contributed by atoms with E-state index in [2.05, 4.69) is 12.1 Å². The molecule has 0 aromatic heterocycles. The smallest absolute Gasteiger partial charge is 0.314 e. The van der Waals surface area contributed by atoms with Crippen molar-refractivity contribution >= 4 is 5.97 Å². The van der Waals surface area contributed by atoms with E-state index < -0.39 is 0 Å². The lowest BCUT2D eigenvalue weighted by Crippen LogP contribution is -3.12. The first kappa shape index (κ1) is 20.2. The number of nitrogens with one attached hydrogen (secondary N) is 1. The highest BCUT2D eigenvalue weighted by Crippen LogP contribution is 2.28. The van der Waals surface area contributed by atoms with Gasteiger partial charge in [0.1, 0.15) is 19.1 Å². The molecule has 150 valence electrons. The molecule has 0 aliphatic carbocycles. The van der Waals surface area contributed by atoms with E-state index in [0.717, 1.165) is 49.5 Å². The average Bonchev–Trinajstić information content (AvgIpc) is 2.73. The number of piperidine rings is 1. The molecule has 2 aromatic rings. The number of quaternary nitrogens is 1. The summed E-state index contributed by atoms with van der Waals surface area (Å²) in [6, 6.07) is 16.2. The van der Waals surface area contributed by atoms with Crippen LogP contribution < -0.4 is 14.4 Å². The Morgan fingerprint density at radius 3 is 2.68 bits per heavy atom. The van der Waals surface area contributed by atoms with Gasteiger partial charge in [-0.15, -0.1) is 0 Å². The van der Waals surface area contributed by atoms with Crippen LogP contribution in [-0.2, 0) is 22.7 Å². The van der Waals surface area contributed by atoms with Crippen LogP contribution in [-0.4, -0.2) is 32.8 Å². The number of carbonyl (C=O) groups excluding carboxylic acids is 1. The first-order valence-electron chi connectivity index (χ1n) is 10.0. The zero-order valence-corrected chi connectivity index (χ0v) is 16.8. The van der Waals surface area contributed by atoms with E-state index in [4.69, 9.17) is 14.2 Å². The van der Waals surface area contributed by atoms with E-state index in [0.29, 0.717) is 13.2 Å². The molecule has 1 saturated heterocycles. The number of ether oxygens (including phenoxy) is 3. The van der Waals surface area contributed by atoms with E-state index in [1.54, 1.807) is 7.11 Å². The third-order valence-corrected chi connectivity index (χ3v) is 5.16. The first-order valence-corrected chi connectivity index (χ1v) is 10.0. The zero-order chi connectivity index (χ0) is 19.8. The second kappa shape index (κ2) is 10.1. The molecule has 3 rings (SSSR count). The summed E-state index contributed by atoms with van der Waals surface area (Å²) in [7, 11) is 1.66. The van der Waals surface area contributed by atoms with Crippen molar-refractivity contribution in [3.8, 4) is 11.5 Å². The molecule has 1 fully saturated rings. The van der Waals surface area contributed by atoms with Crippen LogP contribution in [0.4, 0.5) is 0 Å². The summed E-state index contributed by atoms with van der Waals surface area (Å²) in [5.74, 6) is 1.44. The molecule has 0 saturated carbocycles. The van der Waals surface area contributed by atoms with Gasteiger partial charge in [0, 0.05) is 5.56 Å². The van der Waals surface area contributed by atoms with Crippen molar-refractivity contribution in [3.63, 3.8) is 0 Å². The summed E-state index contributed by atoms with van der Waals surface area (Å²) < 4.78 is 16.7. The molecule has 2 atom stereocenters. The Balaban J connectivity index is 1.64. The lowest BCUT2D eigenvalue weighted by Gasteiger charge is -2.28. The minimum absolute atomic E-state index is 0.00995. The van der Waals surface area contributed by atoms with Crippen LogP contribution >= 0.6 is 0 Å². The standard InChI is InChI=1S/C23H29NO4/c1-3-27-23(25)20-10-7-13-24(16-20)15-19-11-12-21(26-2)22(14-19)28-17-18-8-5-4-6-9-18/h4-6,8-9,11-12,14,20H,3,7,10,13,15-17H2,1-2H3/p+1/t20-/m0/s1. The SMILES string of the molecule is CCOC(=O)[C@H]1CCC[NH+](Cc2ccc(OC)c(OCc3ccccc3)c2)C1. The average molecular weight is 384 g/mol. The van der Waals surface area contributed by atoms with Crippen molar-refractivity contribution in [2.75, 3.05) is 26.8 Å². The molecular weight excluding hydrogens is 354 g/mol. The summed E-state index contributed by atoms with van der Waals surface area (Å²) in [5.41, 5.74) is 2.30. The second-order valence-corrected chi connectivity index (χ2v) is 7.23. The third-order valence-electron chi connectivity index (χ3n) is 5.16. The van der Waals surface area contributed by atoms with Crippen LogP contribution in [0.3, 0.4) is 0 Å². The molecule has 5 heteroatoms. The number of methoxy groups -OCH3 is 1. The summed E-state index contributed by atoms with van der Waals surface area (Å²) in [6.45, 7) is 5.57. The first-order chi connectivity index (χ1) is 13.7. The van der Waals surface area contributed by atoms with E-state index in [1.165, 1.54) is 10.5 Å². The maximum Gasteiger partial charge on any atom is 0.314 e. The van der Waals surface area contributed by atoms with Gasteiger partial charge in [-0.2, -0.15) is 0 Å². The molecule has 1 aliphatic rings. The molecule has 5 nitrogen and oxygen atoms in total. The third kappa shape index (κ3) is 5.49. The molecular formula is C23H30NO4+. The van der Waals surface area contributed by atoms with Gasteiger partial charge in [0.05, 0.1) is 26.8 Å². The predicted octanol–water partition coefficient (Wildman–Crippen LogP) is 2.63. The highest BCUT2D eigenvalue weighted by atomic mass is 16.5. The Kier molecular flexibility index (Phi) is 7.31. The van der Waals surface area contributed by atoms with Crippen LogP contribution in [0.5, 0.6) is 11.5 Å². The van der Waals surface area contributed by atoms with Gasteiger partial charge in [0.25, 0.3) is 0 Å². The predicted molar refractivity (Wildman–Crippen MR) is 108 cm³/mol. The maximum atomic E-state index is 12.1. The molecule has 1 aliphatic heterocycles. The zero-order valence-electron chi connectivity index (χ0n) is 16.8. The molecule has 1 N–H and O–H groups in total. The van der Waals surface area contributed by atoms with Crippen LogP contribution in [0, 0.1) is 5.92 Å². The molecule has 28 heavy (non-hydrogen) atoms. The Bertz CT molecular complexity index is 762. The molecule has 1 heterocycles. The number of esters is 1. The number of likely N-dealkylation sites (tertiary alicyclic amines) is 1. The number of hydrogen-bond acceptors (Lipinski definition) is 4. The van der Waals surface area contributed by atoms with Crippen molar-refractivity contribution in [2.45, 2.75) is 32.9 Å². The molecule has 0 radical (unpaired) electrons. The number of hydrogen-bond donors (Lipinski definition) is 1. The van der Waals surface area contributed by atoms with Gasteiger partial charge in [-0.3, -0.25) is 4.79 Å². The second-order valence-electron chi connectivity index (χ2n) is 7.23. The minimum Gasteiger partial charge on any atom is -0.493 e. The highest BCUT2D eigenvalue weighted by molar-refractivity contribution is 5.72. The maximum absolute atomic E-state index is 12.1. The van der Waals surface area contributed by atoms with Crippen LogP contribution in [0.25, 0.3) is 0 Å². The molecule has 0 spiro atoms. The monoisotopic (exact) mass is 384 g/mol. The van der Waals surface area contributed by atoms with Crippen LogP contribution in [0.15, 0.2) is 48.5 Å². The van der Waals surface area contributed by atoms with Crippen molar-refractivity contribution in [1.29, 1.82) is 0 Å². The fraction of sp³-hybridized carbons (Fsp3) is 0.435. The number of benzene rings is 2. The fourth-order valence-corrected chi connectivity index (χ4v) is 3.74. The minimum atomic E-state index is -0.0543. The quantitative estimate of drug-likeness (QED) is 0.711. The van der Waals surface area contributed by atoms with Gasteiger partial charge in [-0.25, -0.2) is 0 Å². The van der Waals surface area contributed by atoms with E-state index in [9.17, 15) is 4.79 Å². The van der Waals surface area contributed by atoms with Crippen molar-refractivity contribution in [2.24, 2.45) is 5.92 Å². The van der Waals surface area contributed by atoms with Crippen LogP contribution in [0.2, 0.25) is 0 Å². The lowest BCUT2D eigenvalue weighted by atomic mass is 9.97. The summed E-state index contributed by atoms with van der Waals surface area (Å²) >= 11 is 0. The lowest BCUT2D eigenvalue weighted by molar-refractivity contribution is -0.921. The summed E-state index contributed by atoms with van der Waals surface area (Å²) in [5, 5.41) is 0. The Hall–Kier alpha value is -2.53. The Morgan fingerprint density at radius 2 is 1.93 bits per heavy atom. The fourth-order valence-electron chi connectivity index (χ4n) is 3.74. The number of rotatable bonds is 8. The summed E-state index contributed by atoms with van der Waals surface area (Å²) in [6.07, 6.45) is 1.97. The molecule has 0 amide bonds. The Morgan fingerprint density at radius 1 is 1.11 bits per heavy atom. The van der Waals surface area contributed by atoms with Gasteiger partial charge >= 0.3 is 5.97 Å². The van der Waals surface area contributed by atoms with Gasteiger partial charge in [0.2, 0.25) is 0 Å². The highest BCUT2D eigenvalue weighted by Gasteiger charge is 2.29. The summed E-state index contributed by atoms with van der Waals surface area (Å²) in [4.78, 5) is 13.5. The van der Waals surface area contributed by atoms with E-state index >= 15 is 0 Å².